The summed E-state index contributed by atoms with van der Waals surface area (Å²) in [6, 6.07) is 20.5. The van der Waals surface area contributed by atoms with Crippen molar-refractivity contribution in [2.24, 2.45) is 5.10 Å². The molecule has 0 saturated heterocycles. The molecule has 0 atom stereocenters. The molecule has 4 heteroatoms. The van der Waals surface area contributed by atoms with E-state index in [0.29, 0.717) is 0 Å². The van der Waals surface area contributed by atoms with Crippen LogP contribution in [0.15, 0.2) is 78.0 Å². The number of amidine groups is 1. The second kappa shape index (κ2) is 6.24. The van der Waals surface area contributed by atoms with E-state index in [9.17, 15) is 0 Å². The van der Waals surface area contributed by atoms with Crippen molar-refractivity contribution >= 4 is 5.84 Å². The Hall–Kier alpha value is -2.59. The van der Waals surface area contributed by atoms with E-state index in [1.54, 1.807) is 0 Å². The molecule has 0 amide bonds. The molecule has 2 aromatic rings. The van der Waals surface area contributed by atoms with Gasteiger partial charge >= 0.3 is 0 Å². The lowest BCUT2D eigenvalue weighted by Crippen LogP contribution is -2.41. The zero-order valence-electron chi connectivity index (χ0n) is 12.0. The molecule has 0 unspecified atom stereocenters. The molecule has 4 nitrogen and oxygen atoms in total. The van der Waals surface area contributed by atoms with Crippen LogP contribution in [-0.4, -0.2) is 16.0 Å². The Kier molecular flexibility index (Phi) is 3.98. The van der Waals surface area contributed by atoms with E-state index in [2.05, 4.69) is 34.9 Å². The summed E-state index contributed by atoms with van der Waals surface area (Å²) in [4.78, 5) is 0. The van der Waals surface area contributed by atoms with Crippen molar-refractivity contribution in [1.29, 1.82) is 0 Å². The lowest BCUT2D eigenvalue weighted by Gasteiger charge is -2.26. The van der Waals surface area contributed by atoms with E-state index >= 15 is 0 Å². The van der Waals surface area contributed by atoms with E-state index in [1.807, 2.05) is 65.7 Å². The van der Waals surface area contributed by atoms with Crippen LogP contribution in [0.5, 0.6) is 0 Å². The maximum absolute atomic E-state index is 4.45. The molecule has 0 fully saturated rings. The minimum absolute atomic E-state index is 0.741. The number of hydrogen-bond donors (Lipinski definition) is 1. The fourth-order valence-electron chi connectivity index (χ4n) is 2.26. The highest BCUT2D eigenvalue weighted by molar-refractivity contribution is 5.99. The molecule has 1 N–H and O–H groups in total. The van der Waals surface area contributed by atoms with E-state index < -0.39 is 0 Å². The SMILES string of the molecule is CC=CN1C(c2ccccc2)=NNN1Cc1ccccc1. The van der Waals surface area contributed by atoms with Crippen molar-refractivity contribution in [3.63, 3.8) is 0 Å². The molecule has 1 aliphatic heterocycles. The summed E-state index contributed by atoms with van der Waals surface area (Å²) in [7, 11) is 0. The molecule has 1 aliphatic rings. The molecule has 3 rings (SSSR count). The molecule has 0 aromatic heterocycles. The van der Waals surface area contributed by atoms with Gasteiger partial charge in [-0.25, -0.2) is 10.5 Å². The van der Waals surface area contributed by atoms with Crippen LogP contribution in [0, 0.1) is 0 Å². The topological polar surface area (TPSA) is 30.9 Å². The smallest absolute Gasteiger partial charge is 0.177 e. The lowest BCUT2D eigenvalue weighted by atomic mass is 10.2. The van der Waals surface area contributed by atoms with Crippen LogP contribution >= 0.6 is 0 Å². The summed E-state index contributed by atoms with van der Waals surface area (Å²) < 4.78 is 0. The number of hydrogen-bond acceptors (Lipinski definition) is 4. The Morgan fingerprint density at radius 2 is 1.67 bits per heavy atom. The van der Waals surface area contributed by atoms with E-state index in [1.165, 1.54) is 5.56 Å². The summed E-state index contributed by atoms with van der Waals surface area (Å²) >= 11 is 0. The normalized spacial score (nSPS) is 15.3. The molecular weight excluding hydrogens is 260 g/mol. The average Bonchev–Trinajstić information content (AvgIpc) is 2.92. The van der Waals surface area contributed by atoms with Crippen LogP contribution in [0.1, 0.15) is 18.1 Å². The van der Waals surface area contributed by atoms with Crippen LogP contribution in [-0.2, 0) is 6.54 Å². The molecule has 0 saturated carbocycles. The predicted molar refractivity (Wildman–Crippen MR) is 84.8 cm³/mol. The van der Waals surface area contributed by atoms with E-state index in [4.69, 9.17) is 0 Å². The number of rotatable bonds is 4. The highest BCUT2D eigenvalue weighted by Crippen LogP contribution is 2.16. The number of benzene rings is 2. The van der Waals surface area contributed by atoms with Gasteiger partial charge in [0, 0.05) is 11.8 Å². The first kappa shape index (κ1) is 13.4. The molecule has 0 radical (unpaired) electrons. The Balaban J connectivity index is 1.82. The highest BCUT2D eigenvalue weighted by Gasteiger charge is 2.24. The third kappa shape index (κ3) is 2.95. The number of nitrogens with zero attached hydrogens (tertiary/aromatic N) is 3. The Labute approximate surface area is 124 Å². The number of nitrogens with one attached hydrogen (secondary N) is 1. The first-order chi connectivity index (χ1) is 10.4. The summed E-state index contributed by atoms with van der Waals surface area (Å²) in [5, 5.41) is 8.46. The van der Waals surface area contributed by atoms with Crippen molar-refractivity contribution < 1.29 is 0 Å². The van der Waals surface area contributed by atoms with Gasteiger partial charge in [-0.05, 0) is 12.5 Å². The molecule has 2 aromatic carbocycles. The minimum Gasteiger partial charge on any atom is -0.243 e. The number of allylic oxidation sites excluding steroid dienone is 1. The maximum atomic E-state index is 4.45. The summed E-state index contributed by atoms with van der Waals surface area (Å²) in [5.74, 6) is 0.893. The number of hydrazine groups is 2. The fraction of sp³-hybridized carbons (Fsp3) is 0.118. The zero-order chi connectivity index (χ0) is 14.5. The molecule has 0 aliphatic carbocycles. The van der Waals surface area contributed by atoms with Gasteiger partial charge in [0.15, 0.2) is 5.84 Å². The minimum atomic E-state index is 0.741. The van der Waals surface area contributed by atoms with Gasteiger partial charge in [0.2, 0.25) is 0 Å². The molecular formula is C17H18N4. The predicted octanol–water partition coefficient (Wildman–Crippen LogP) is 3.12. The van der Waals surface area contributed by atoms with Crippen LogP contribution in [0.25, 0.3) is 0 Å². The Morgan fingerprint density at radius 1 is 1.00 bits per heavy atom. The van der Waals surface area contributed by atoms with Gasteiger partial charge in [0.05, 0.1) is 6.54 Å². The van der Waals surface area contributed by atoms with Gasteiger partial charge < -0.3 is 0 Å². The molecule has 21 heavy (non-hydrogen) atoms. The van der Waals surface area contributed by atoms with Gasteiger partial charge in [0.25, 0.3) is 0 Å². The van der Waals surface area contributed by atoms with Gasteiger partial charge in [-0.3, -0.25) is 0 Å². The third-order valence-corrected chi connectivity index (χ3v) is 3.25. The van der Waals surface area contributed by atoms with E-state index in [0.717, 1.165) is 17.9 Å². The standard InChI is InChI=1S/C17H18N4/c1-2-13-20-17(16-11-7-4-8-12-16)18-19-21(20)14-15-9-5-3-6-10-15/h2-13,19H,14H2,1H3. The van der Waals surface area contributed by atoms with Crippen molar-refractivity contribution in [2.45, 2.75) is 13.5 Å². The van der Waals surface area contributed by atoms with Crippen molar-refractivity contribution in [2.75, 3.05) is 0 Å². The van der Waals surface area contributed by atoms with Gasteiger partial charge in [-0.15, -0.1) is 10.2 Å². The van der Waals surface area contributed by atoms with Gasteiger partial charge in [-0.2, -0.15) is 0 Å². The second-order valence-electron chi connectivity index (χ2n) is 4.77. The van der Waals surface area contributed by atoms with Crippen LogP contribution in [0.2, 0.25) is 0 Å². The average molecular weight is 278 g/mol. The highest BCUT2D eigenvalue weighted by atomic mass is 15.9. The molecule has 106 valence electrons. The summed E-state index contributed by atoms with van der Waals surface area (Å²) in [6.45, 7) is 2.74. The van der Waals surface area contributed by atoms with Crippen LogP contribution in [0.4, 0.5) is 0 Å². The van der Waals surface area contributed by atoms with Crippen LogP contribution in [0.3, 0.4) is 0 Å². The quantitative estimate of drug-likeness (QED) is 0.932. The van der Waals surface area contributed by atoms with Crippen LogP contribution < -0.4 is 5.53 Å². The first-order valence-electron chi connectivity index (χ1n) is 7.00. The molecule has 0 spiro atoms. The van der Waals surface area contributed by atoms with Gasteiger partial charge in [0.1, 0.15) is 0 Å². The Bertz CT molecular complexity index is 634. The molecule has 1 heterocycles. The Morgan fingerprint density at radius 3 is 2.33 bits per heavy atom. The van der Waals surface area contributed by atoms with E-state index in [-0.39, 0.29) is 0 Å². The third-order valence-electron chi connectivity index (χ3n) is 3.25. The number of hydrazone groups is 1. The first-order valence-corrected chi connectivity index (χ1v) is 7.00. The lowest BCUT2D eigenvalue weighted by molar-refractivity contribution is 0.0452. The summed E-state index contributed by atoms with van der Waals surface area (Å²) in [5.41, 5.74) is 5.39. The monoisotopic (exact) mass is 278 g/mol. The van der Waals surface area contributed by atoms with Gasteiger partial charge in [-0.1, -0.05) is 66.7 Å². The van der Waals surface area contributed by atoms with Crippen molar-refractivity contribution in [3.05, 3.63) is 84.1 Å². The van der Waals surface area contributed by atoms with Crippen molar-refractivity contribution in [3.8, 4) is 0 Å². The van der Waals surface area contributed by atoms with Crippen molar-refractivity contribution in [1.82, 2.24) is 15.7 Å². The zero-order valence-corrected chi connectivity index (χ0v) is 12.0. The largest absolute Gasteiger partial charge is 0.243 e. The second-order valence-corrected chi connectivity index (χ2v) is 4.77. The fourth-order valence-corrected chi connectivity index (χ4v) is 2.26. The molecule has 0 bridgehead atoms. The maximum Gasteiger partial charge on any atom is 0.177 e. The summed E-state index contributed by atoms with van der Waals surface area (Å²) in [6.07, 6.45) is 4.01.